The van der Waals surface area contributed by atoms with Gasteiger partial charge in [0.2, 0.25) is 0 Å². The van der Waals surface area contributed by atoms with Crippen LogP contribution in [0.4, 0.5) is 0 Å². The van der Waals surface area contributed by atoms with Gasteiger partial charge in [-0.2, -0.15) is 0 Å². The fourth-order valence-corrected chi connectivity index (χ4v) is 3.05. The second-order valence-electron chi connectivity index (χ2n) is 7.12. The summed E-state index contributed by atoms with van der Waals surface area (Å²) in [7, 11) is 0. The molecule has 0 aliphatic heterocycles. The molecule has 0 spiro atoms. The van der Waals surface area contributed by atoms with E-state index >= 15 is 0 Å². The van der Waals surface area contributed by atoms with Gasteiger partial charge in [-0.25, -0.2) is 0 Å². The van der Waals surface area contributed by atoms with E-state index in [2.05, 4.69) is 30.7 Å². The van der Waals surface area contributed by atoms with Crippen LogP contribution in [0, 0.1) is 12.8 Å². The molecule has 1 saturated carbocycles. The number of benzene rings is 1. The molecule has 0 unspecified atom stereocenters. The van der Waals surface area contributed by atoms with Gasteiger partial charge in [0.15, 0.2) is 0 Å². The summed E-state index contributed by atoms with van der Waals surface area (Å²) in [5.74, 6) is 0.578. The van der Waals surface area contributed by atoms with Crippen LogP contribution in [0.25, 0.3) is 11.3 Å². The Bertz CT molecular complexity index is 720. The average molecular weight is 322 g/mol. The fraction of sp³-hybridized carbons (Fsp3) is 0.429. The highest BCUT2D eigenvalue weighted by Gasteiger charge is 2.37. The normalized spacial score (nSPS) is 15.4. The molecular weight excluding hydrogens is 296 g/mol. The molecule has 3 heteroatoms. The molecule has 0 saturated heterocycles. The number of hydrogen-bond acceptors (Lipinski definition) is 2. The SMILES string of the molecule is Cc1nc(-c2ccccc2)ccc1C(=O)N(C1CC1)[C@H](C)C(C)C. The largest absolute Gasteiger partial charge is 0.333 e. The number of rotatable bonds is 5. The lowest BCUT2D eigenvalue weighted by Crippen LogP contribution is -2.43. The number of pyridine rings is 1. The summed E-state index contributed by atoms with van der Waals surface area (Å²) in [6.07, 6.45) is 2.24. The summed E-state index contributed by atoms with van der Waals surface area (Å²) in [6.45, 7) is 8.45. The minimum absolute atomic E-state index is 0.128. The van der Waals surface area contributed by atoms with E-state index in [4.69, 9.17) is 0 Å². The van der Waals surface area contributed by atoms with Crippen LogP contribution < -0.4 is 0 Å². The molecule has 1 amide bonds. The molecule has 0 N–H and O–H groups in total. The second kappa shape index (κ2) is 6.76. The molecule has 2 aromatic rings. The van der Waals surface area contributed by atoms with Crippen LogP contribution in [0.15, 0.2) is 42.5 Å². The van der Waals surface area contributed by atoms with Crippen LogP contribution in [-0.4, -0.2) is 27.9 Å². The Morgan fingerprint density at radius 1 is 1.08 bits per heavy atom. The van der Waals surface area contributed by atoms with E-state index < -0.39 is 0 Å². The van der Waals surface area contributed by atoms with E-state index in [1.165, 1.54) is 0 Å². The summed E-state index contributed by atoms with van der Waals surface area (Å²) in [5, 5.41) is 0. The third-order valence-corrected chi connectivity index (χ3v) is 4.96. The molecule has 126 valence electrons. The van der Waals surface area contributed by atoms with Crippen LogP contribution in [0.3, 0.4) is 0 Å². The van der Waals surface area contributed by atoms with Crippen LogP contribution in [0.5, 0.6) is 0 Å². The minimum atomic E-state index is 0.128. The second-order valence-corrected chi connectivity index (χ2v) is 7.12. The summed E-state index contributed by atoms with van der Waals surface area (Å²) in [4.78, 5) is 19.9. The Labute approximate surface area is 144 Å². The topological polar surface area (TPSA) is 33.2 Å². The lowest BCUT2D eigenvalue weighted by Gasteiger charge is -2.32. The standard InChI is InChI=1S/C21H26N2O/c1-14(2)16(4)23(18-10-11-18)21(24)19-12-13-20(22-15(19)3)17-8-6-5-7-9-17/h5-9,12-14,16,18H,10-11H2,1-4H3/t16-/m1/s1. The summed E-state index contributed by atoms with van der Waals surface area (Å²) < 4.78 is 0. The zero-order valence-corrected chi connectivity index (χ0v) is 15.0. The summed E-state index contributed by atoms with van der Waals surface area (Å²) in [5.41, 5.74) is 3.53. The van der Waals surface area contributed by atoms with Crippen molar-refractivity contribution >= 4 is 5.91 Å². The molecule has 1 aromatic carbocycles. The maximum absolute atomic E-state index is 13.1. The van der Waals surface area contributed by atoms with Crippen molar-refractivity contribution in [1.82, 2.24) is 9.88 Å². The Balaban J connectivity index is 1.90. The zero-order valence-electron chi connectivity index (χ0n) is 15.0. The van der Waals surface area contributed by atoms with E-state index in [-0.39, 0.29) is 11.9 Å². The van der Waals surface area contributed by atoms with E-state index in [1.807, 2.05) is 49.4 Å². The number of amides is 1. The van der Waals surface area contributed by atoms with Crippen molar-refractivity contribution in [1.29, 1.82) is 0 Å². The summed E-state index contributed by atoms with van der Waals surface area (Å²) in [6, 6.07) is 14.6. The van der Waals surface area contributed by atoms with Crippen LogP contribution in [0.1, 0.15) is 49.7 Å². The first-order chi connectivity index (χ1) is 11.5. The molecule has 1 fully saturated rings. The Hall–Kier alpha value is -2.16. The quantitative estimate of drug-likeness (QED) is 0.799. The van der Waals surface area contributed by atoms with Gasteiger partial charge < -0.3 is 4.90 Å². The maximum atomic E-state index is 13.1. The molecule has 0 radical (unpaired) electrons. The van der Waals surface area contributed by atoms with Gasteiger partial charge in [-0.3, -0.25) is 9.78 Å². The molecule has 1 heterocycles. The number of aryl methyl sites for hydroxylation is 1. The van der Waals surface area contributed by atoms with E-state index in [9.17, 15) is 4.79 Å². The molecule has 1 aliphatic carbocycles. The Kier molecular flexibility index (Phi) is 4.70. The molecule has 1 aliphatic rings. The number of nitrogens with zero attached hydrogens (tertiary/aromatic N) is 2. The monoisotopic (exact) mass is 322 g/mol. The van der Waals surface area contributed by atoms with Crippen LogP contribution in [-0.2, 0) is 0 Å². The number of carbonyl (C=O) groups is 1. The first-order valence-corrected chi connectivity index (χ1v) is 8.84. The van der Waals surface area contributed by atoms with Crippen molar-refractivity contribution in [3.8, 4) is 11.3 Å². The highest BCUT2D eigenvalue weighted by atomic mass is 16.2. The molecule has 0 bridgehead atoms. The molecule has 3 rings (SSSR count). The fourth-order valence-electron chi connectivity index (χ4n) is 3.05. The highest BCUT2D eigenvalue weighted by molar-refractivity contribution is 5.96. The van der Waals surface area contributed by atoms with Crippen molar-refractivity contribution < 1.29 is 4.79 Å². The average Bonchev–Trinajstić information content (AvgIpc) is 3.40. The summed E-state index contributed by atoms with van der Waals surface area (Å²) >= 11 is 0. The van der Waals surface area contributed by atoms with Gasteiger partial charge in [0.1, 0.15) is 0 Å². The number of hydrogen-bond donors (Lipinski definition) is 0. The van der Waals surface area contributed by atoms with Gasteiger partial charge in [0.25, 0.3) is 5.91 Å². The predicted octanol–water partition coefficient (Wildman–Crippen LogP) is 4.71. The van der Waals surface area contributed by atoms with Crippen LogP contribution in [0.2, 0.25) is 0 Å². The molecule has 1 atom stereocenters. The van der Waals surface area contributed by atoms with Crippen molar-refractivity contribution in [2.24, 2.45) is 5.92 Å². The number of carbonyl (C=O) groups excluding carboxylic acids is 1. The van der Waals surface area contributed by atoms with E-state index in [0.29, 0.717) is 12.0 Å². The number of aromatic nitrogens is 1. The Morgan fingerprint density at radius 2 is 1.75 bits per heavy atom. The van der Waals surface area contributed by atoms with Gasteiger partial charge in [0.05, 0.1) is 17.0 Å². The predicted molar refractivity (Wildman–Crippen MR) is 97.9 cm³/mol. The third kappa shape index (κ3) is 3.35. The van der Waals surface area contributed by atoms with E-state index in [1.54, 1.807) is 0 Å². The first kappa shape index (κ1) is 16.7. The third-order valence-electron chi connectivity index (χ3n) is 4.96. The van der Waals surface area contributed by atoms with Crippen LogP contribution >= 0.6 is 0 Å². The van der Waals surface area contributed by atoms with Gasteiger partial charge in [-0.05, 0) is 44.7 Å². The highest BCUT2D eigenvalue weighted by Crippen LogP contribution is 2.32. The van der Waals surface area contributed by atoms with E-state index in [0.717, 1.165) is 35.4 Å². The molecule has 3 nitrogen and oxygen atoms in total. The van der Waals surface area contributed by atoms with Crippen molar-refractivity contribution in [3.63, 3.8) is 0 Å². The minimum Gasteiger partial charge on any atom is -0.333 e. The Morgan fingerprint density at radius 3 is 2.29 bits per heavy atom. The van der Waals surface area contributed by atoms with Crippen molar-refractivity contribution in [3.05, 3.63) is 53.7 Å². The van der Waals surface area contributed by atoms with Gasteiger partial charge in [-0.1, -0.05) is 44.2 Å². The molecule has 24 heavy (non-hydrogen) atoms. The van der Waals surface area contributed by atoms with Gasteiger partial charge >= 0.3 is 0 Å². The smallest absolute Gasteiger partial charge is 0.256 e. The van der Waals surface area contributed by atoms with Crippen molar-refractivity contribution in [2.75, 3.05) is 0 Å². The maximum Gasteiger partial charge on any atom is 0.256 e. The molecular formula is C21H26N2O. The molecule has 1 aromatic heterocycles. The first-order valence-electron chi connectivity index (χ1n) is 8.84. The lowest BCUT2D eigenvalue weighted by molar-refractivity contribution is 0.0626. The zero-order chi connectivity index (χ0) is 17.3. The van der Waals surface area contributed by atoms with Gasteiger partial charge in [0, 0.05) is 17.6 Å². The van der Waals surface area contributed by atoms with Gasteiger partial charge in [-0.15, -0.1) is 0 Å². The van der Waals surface area contributed by atoms with Crippen molar-refractivity contribution in [2.45, 2.75) is 52.6 Å². The lowest BCUT2D eigenvalue weighted by atomic mass is 10.0.